The van der Waals surface area contributed by atoms with Crippen LogP contribution in [0.5, 0.6) is 5.88 Å². The van der Waals surface area contributed by atoms with Gasteiger partial charge in [-0.15, -0.1) is 0 Å². The fourth-order valence-electron chi connectivity index (χ4n) is 5.64. The van der Waals surface area contributed by atoms with Crippen LogP contribution in [0.25, 0.3) is 10.9 Å². The molecule has 1 aromatic carbocycles. The minimum Gasteiger partial charge on any atom is -0.478 e. The molecule has 2 aromatic heterocycles. The van der Waals surface area contributed by atoms with Crippen molar-refractivity contribution in [3.63, 3.8) is 0 Å². The van der Waals surface area contributed by atoms with Gasteiger partial charge in [-0.2, -0.15) is 5.10 Å². The molecular formula is C28H37N5O2. The Morgan fingerprint density at radius 1 is 1.11 bits per heavy atom. The zero-order valence-electron chi connectivity index (χ0n) is 21.0. The lowest BCUT2D eigenvalue weighted by molar-refractivity contribution is 0.0921. The third-order valence-electron chi connectivity index (χ3n) is 7.64. The van der Waals surface area contributed by atoms with E-state index in [0.29, 0.717) is 6.61 Å². The van der Waals surface area contributed by atoms with E-state index in [1.165, 1.54) is 30.5 Å². The molecule has 7 heteroatoms. The lowest BCUT2D eigenvalue weighted by Crippen LogP contribution is -2.38. The molecule has 1 fully saturated rings. The fraction of sp³-hybridized carbons (Fsp3) is 0.536. The van der Waals surface area contributed by atoms with E-state index in [1.54, 1.807) is 4.68 Å². The van der Waals surface area contributed by atoms with Gasteiger partial charge in [0, 0.05) is 55.9 Å². The molecule has 0 radical (unpaired) electrons. The number of aryl methyl sites for hydroxylation is 1. The Morgan fingerprint density at radius 3 is 2.77 bits per heavy atom. The second-order valence-electron chi connectivity index (χ2n) is 10.1. The second-order valence-corrected chi connectivity index (χ2v) is 10.1. The topological polar surface area (TPSA) is 72.3 Å². The maximum absolute atomic E-state index is 13.0. The maximum Gasteiger partial charge on any atom is 0.252 e. The van der Waals surface area contributed by atoms with Crippen LogP contribution in [0.4, 0.5) is 0 Å². The standard InChI is InChI=1S/C28H37N5O2/c1-3-35-27-12-9-21-14-17-33(18-15-25(21)30-27)16-13-20-7-10-22(11-8-20)29-28(34)23-5-4-6-26-24(23)19-32(2)31-26/h4-6,9,12,19-20,22H,3,7-8,10-11,13-18H2,1-2H3,(H,29,34)/t20-,22-. The highest BCUT2D eigenvalue weighted by Gasteiger charge is 2.24. The molecule has 3 aromatic rings. The first kappa shape index (κ1) is 23.8. The van der Waals surface area contributed by atoms with E-state index >= 15 is 0 Å². The monoisotopic (exact) mass is 475 g/mol. The molecule has 0 bridgehead atoms. The molecule has 1 saturated carbocycles. The lowest BCUT2D eigenvalue weighted by Gasteiger charge is -2.30. The summed E-state index contributed by atoms with van der Waals surface area (Å²) in [7, 11) is 1.89. The molecule has 7 nitrogen and oxygen atoms in total. The minimum atomic E-state index is 0.0253. The van der Waals surface area contributed by atoms with Crippen molar-refractivity contribution in [1.82, 2.24) is 25.0 Å². The van der Waals surface area contributed by atoms with Crippen molar-refractivity contribution in [2.45, 2.75) is 57.9 Å². The number of nitrogens with zero attached hydrogens (tertiary/aromatic N) is 4. The van der Waals surface area contributed by atoms with Crippen LogP contribution in [0.2, 0.25) is 0 Å². The number of carbonyl (C=O) groups is 1. The summed E-state index contributed by atoms with van der Waals surface area (Å²) in [6, 6.07) is 10.2. The number of aromatic nitrogens is 3. The fourth-order valence-corrected chi connectivity index (χ4v) is 5.64. The number of pyridine rings is 1. The summed E-state index contributed by atoms with van der Waals surface area (Å²) >= 11 is 0. The normalized spacial score (nSPS) is 20.9. The average molecular weight is 476 g/mol. The van der Waals surface area contributed by atoms with E-state index < -0.39 is 0 Å². The molecule has 0 unspecified atom stereocenters. The Morgan fingerprint density at radius 2 is 1.94 bits per heavy atom. The van der Waals surface area contributed by atoms with Crippen molar-refractivity contribution < 1.29 is 9.53 Å². The number of benzene rings is 1. The molecule has 2 aliphatic rings. The van der Waals surface area contributed by atoms with Crippen molar-refractivity contribution in [3.8, 4) is 5.88 Å². The number of carbonyl (C=O) groups excluding carboxylic acids is 1. The number of amides is 1. The van der Waals surface area contributed by atoms with E-state index in [-0.39, 0.29) is 11.9 Å². The maximum atomic E-state index is 13.0. The molecule has 1 aliphatic carbocycles. The summed E-state index contributed by atoms with van der Waals surface area (Å²) in [6.45, 7) is 5.98. The molecule has 0 atom stereocenters. The van der Waals surface area contributed by atoms with Crippen molar-refractivity contribution in [2.24, 2.45) is 13.0 Å². The first-order chi connectivity index (χ1) is 17.1. The summed E-state index contributed by atoms with van der Waals surface area (Å²) in [5, 5.41) is 8.64. The van der Waals surface area contributed by atoms with Gasteiger partial charge in [0.1, 0.15) is 0 Å². The van der Waals surface area contributed by atoms with Crippen LogP contribution in [0.1, 0.15) is 60.6 Å². The van der Waals surface area contributed by atoms with E-state index in [1.807, 2.05) is 44.4 Å². The number of nitrogens with one attached hydrogen (secondary N) is 1. The van der Waals surface area contributed by atoms with Gasteiger partial charge >= 0.3 is 0 Å². The van der Waals surface area contributed by atoms with Crippen LogP contribution in [0, 0.1) is 5.92 Å². The molecule has 0 saturated heterocycles. The predicted octanol–water partition coefficient (Wildman–Crippen LogP) is 4.15. The molecule has 1 aliphatic heterocycles. The summed E-state index contributed by atoms with van der Waals surface area (Å²) in [4.78, 5) is 20.3. The second kappa shape index (κ2) is 10.8. The van der Waals surface area contributed by atoms with E-state index in [2.05, 4.69) is 21.4 Å². The summed E-state index contributed by atoms with van der Waals surface area (Å²) in [6.07, 6.45) is 9.74. The Hall–Kier alpha value is -2.93. The predicted molar refractivity (Wildman–Crippen MR) is 138 cm³/mol. The van der Waals surface area contributed by atoms with E-state index in [9.17, 15) is 4.79 Å². The van der Waals surface area contributed by atoms with Gasteiger partial charge in [0.25, 0.3) is 5.91 Å². The molecule has 1 N–H and O–H groups in total. The molecule has 3 heterocycles. The van der Waals surface area contributed by atoms with Crippen LogP contribution >= 0.6 is 0 Å². The van der Waals surface area contributed by atoms with Crippen LogP contribution in [0.15, 0.2) is 36.5 Å². The van der Waals surface area contributed by atoms with Gasteiger partial charge in [-0.05, 0) is 75.6 Å². The van der Waals surface area contributed by atoms with E-state index in [0.717, 1.165) is 73.6 Å². The smallest absolute Gasteiger partial charge is 0.252 e. The Bertz CT molecular complexity index is 1170. The highest BCUT2D eigenvalue weighted by molar-refractivity contribution is 6.06. The number of hydrogen-bond acceptors (Lipinski definition) is 5. The molecule has 186 valence electrons. The van der Waals surface area contributed by atoms with Crippen molar-refractivity contribution in [1.29, 1.82) is 0 Å². The average Bonchev–Trinajstić information content (AvgIpc) is 3.13. The summed E-state index contributed by atoms with van der Waals surface area (Å²) in [5.74, 6) is 1.52. The largest absolute Gasteiger partial charge is 0.478 e. The van der Waals surface area contributed by atoms with Gasteiger partial charge in [0.05, 0.1) is 17.7 Å². The van der Waals surface area contributed by atoms with Crippen LogP contribution in [0.3, 0.4) is 0 Å². The SMILES string of the molecule is CCOc1ccc2c(n1)CCN(CC[C@H]1CC[C@H](NC(=O)c3cccc4nn(C)cc34)CC1)CC2. The first-order valence-electron chi connectivity index (χ1n) is 13.2. The highest BCUT2D eigenvalue weighted by atomic mass is 16.5. The van der Waals surface area contributed by atoms with Gasteiger partial charge in [0.15, 0.2) is 0 Å². The number of rotatable bonds is 7. The van der Waals surface area contributed by atoms with Gasteiger partial charge in [-0.1, -0.05) is 12.1 Å². The van der Waals surface area contributed by atoms with Crippen LogP contribution < -0.4 is 10.1 Å². The molecule has 5 rings (SSSR count). The molecule has 35 heavy (non-hydrogen) atoms. The quantitative estimate of drug-likeness (QED) is 0.556. The van der Waals surface area contributed by atoms with Crippen molar-refractivity contribution in [3.05, 3.63) is 53.3 Å². The third kappa shape index (κ3) is 5.67. The Kier molecular flexibility index (Phi) is 7.32. The van der Waals surface area contributed by atoms with Crippen molar-refractivity contribution in [2.75, 3.05) is 26.2 Å². The molecular weight excluding hydrogens is 438 g/mol. The van der Waals surface area contributed by atoms with Gasteiger partial charge in [-0.3, -0.25) is 9.48 Å². The Labute approximate surface area is 207 Å². The number of fused-ring (bicyclic) bond motifs is 2. The molecule has 0 spiro atoms. The number of ether oxygens (including phenoxy) is 1. The van der Waals surface area contributed by atoms with Crippen LogP contribution in [-0.2, 0) is 19.9 Å². The summed E-state index contributed by atoms with van der Waals surface area (Å²) < 4.78 is 7.36. The number of hydrogen-bond donors (Lipinski definition) is 1. The van der Waals surface area contributed by atoms with Crippen LogP contribution in [-0.4, -0.2) is 57.9 Å². The zero-order chi connectivity index (χ0) is 24.2. The van der Waals surface area contributed by atoms with E-state index in [4.69, 9.17) is 9.72 Å². The van der Waals surface area contributed by atoms with Gasteiger partial charge in [-0.25, -0.2) is 4.98 Å². The summed E-state index contributed by atoms with van der Waals surface area (Å²) in [5.41, 5.74) is 4.17. The first-order valence-corrected chi connectivity index (χ1v) is 13.2. The zero-order valence-corrected chi connectivity index (χ0v) is 21.0. The minimum absolute atomic E-state index is 0.0253. The van der Waals surface area contributed by atoms with Gasteiger partial charge in [0.2, 0.25) is 5.88 Å². The van der Waals surface area contributed by atoms with Crippen molar-refractivity contribution >= 4 is 16.8 Å². The Balaban J connectivity index is 1.07. The van der Waals surface area contributed by atoms with Gasteiger partial charge < -0.3 is 15.0 Å². The molecule has 1 amide bonds. The lowest BCUT2D eigenvalue weighted by atomic mass is 9.84. The third-order valence-corrected chi connectivity index (χ3v) is 7.64. The highest BCUT2D eigenvalue weighted by Crippen LogP contribution is 2.28.